The molecule has 25 heavy (non-hydrogen) atoms. The lowest BCUT2D eigenvalue weighted by molar-refractivity contribution is -0.135. The molecule has 3 rings (SSSR count). The van der Waals surface area contributed by atoms with Gasteiger partial charge in [-0.25, -0.2) is 19.1 Å². The van der Waals surface area contributed by atoms with Gasteiger partial charge in [-0.3, -0.25) is 14.3 Å². The van der Waals surface area contributed by atoms with E-state index in [4.69, 9.17) is 4.74 Å². The zero-order chi connectivity index (χ0) is 18.4. The number of nitrogens with one attached hydrogen (secondary N) is 1. The molecule has 1 saturated heterocycles. The van der Waals surface area contributed by atoms with Crippen LogP contribution in [-0.4, -0.2) is 68.0 Å². The van der Waals surface area contributed by atoms with Gasteiger partial charge in [0.05, 0.1) is 19.6 Å². The zero-order valence-corrected chi connectivity index (χ0v) is 14.5. The predicted molar refractivity (Wildman–Crippen MR) is 84.6 cm³/mol. The number of rotatable bonds is 1. The van der Waals surface area contributed by atoms with Crippen LogP contribution < -0.4 is 5.69 Å². The van der Waals surface area contributed by atoms with Crippen molar-refractivity contribution in [2.24, 2.45) is 0 Å². The average Bonchev–Trinajstić information content (AvgIpc) is 3.10. The summed E-state index contributed by atoms with van der Waals surface area (Å²) in [6.07, 6.45) is -1.37. The number of alkyl halides is 1. The minimum Gasteiger partial charge on any atom is -0.444 e. The molecule has 1 fully saturated rings. The van der Waals surface area contributed by atoms with Gasteiger partial charge in [-0.15, -0.1) is 0 Å². The average molecular weight is 355 g/mol. The number of ether oxygens (including phenoxy) is 1. The van der Waals surface area contributed by atoms with E-state index in [2.05, 4.69) is 10.2 Å². The summed E-state index contributed by atoms with van der Waals surface area (Å²) in [5, 5.41) is 6.20. The Balaban J connectivity index is 1.86. The maximum absolute atomic E-state index is 13.4. The standard InChI is InChI=1S/C15H22FN5O4/c1-15(2,3)25-14(24)20-7-10(12(22)19-5-4-9(16)6-19)21-11(8-20)17-18-13(21)23/h9-10H,4-8H2,1-3H3,(H,18,23)/t9-,10?/m0/s1. The third kappa shape index (κ3) is 3.52. The second kappa shape index (κ2) is 6.16. The summed E-state index contributed by atoms with van der Waals surface area (Å²) in [4.78, 5) is 39.9. The third-order valence-electron chi connectivity index (χ3n) is 4.19. The second-order valence-corrected chi connectivity index (χ2v) is 7.36. The summed E-state index contributed by atoms with van der Waals surface area (Å²) in [5.74, 6) is -0.116. The van der Waals surface area contributed by atoms with E-state index < -0.39 is 35.5 Å². The SMILES string of the molecule is CC(C)(C)OC(=O)N1Cc2n[nH]c(=O)n2C(C(=O)N2CC[C@H](F)C2)C1. The first-order valence-corrected chi connectivity index (χ1v) is 8.22. The number of fused-ring (bicyclic) bond motifs is 1. The van der Waals surface area contributed by atoms with Gasteiger partial charge < -0.3 is 9.64 Å². The van der Waals surface area contributed by atoms with Gasteiger partial charge in [0.25, 0.3) is 0 Å². The maximum Gasteiger partial charge on any atom is 0.410 e. The first-order chi connectivity index (χ1) is 11.7. The highest BCUT2D eigenvalue weighted by Crippen LogP contribution is 2.24. The van der Waals surface area contributed by atoms with Crippen LogP contribution in [0.1, 0.15) is 39.1 Å². The van der Waals surface area contributed by atoms with E-state index in [1.165, 1.54) is 14.4 Å². The van der Waals surface area contributed by atoms with Crippen molar-refractivity contribution in [1.82, 2.24) is 24.6 Å². The highest BCUT2D eigenvalue weighted by atomic mass is 19.1. The first kappa shape index (κ1) is 17.4. The molecule has 1 aromatic rings. The fraction of sp³-hybridized carbons (Fsp3) is 0.733. The van der Waals surface area contributed by atoms with Crippen molar-refractivity contribution in [2.75, 3.05) is 19.6 Å². The van der Waals surface area contributed by atoms with Crippen molar-refractivity contribution in [3.8, 4) is 0 Å². The Kier molecular flexibility index (Phi) is 4.29. The Labute approximate surface area is 143 Å². The maximum atomic E-state index is 13.4. The van der Waals surface area contributed by atoms with Crippen molar-refractivity contribution >= 4 is 12.0 Å². The Hall–Kier alpha value is -2.39. The van der Waals surface area contributed by atoms with Gasteiger partial charge in [0.2, 0.25) is 5.91 Å². The molecule has 10 heteroatoms. The van der Waals surface area contributed by atoms with Crippen LogP contribution >= 0.6 is 0 Å². The fourth-order valence-corrected chi connectivity index (χ4v) is 3.08. The first-order valence-electron chi connectivity index (χ1n) is 8.22. The van der Waals surface area contributed by atoms with Crippen LogP contribution in [0.15, 0.2) is 4.79 Å². The number of H-pyrrole nitrogens is 1. The summed E-state index contributed by atoms with van der Waals surface area (Å²) in [5.41, 5.74) is -1.21. The van der Waals surface area contributed by atoms with Crippen molar-refractivity contribution in [3.05, 3.63) is 16.3 Å². The van der Waals surface area contributed by atoms with Crippen molar-refractivity contribution in [3.63, 3.8) is 0 Å². The molecule has 2 amide bonds. The number of amides is 2. The van der Waals surface area contributed by atoms with E-state index in [0.29, 0.717) is 6.54 Å². The van der Waals surface area contributed by atoms with E-state index in [0.717, 1.165) is 0 Å². The largest absolute Gasteiger partial charge is 0.444 e. The molecule has 1 aromatic heterocycles. The molecule has 2 aliphatic rings. The predicted octanol–water partition coefficient (Wildman–Crippen LogP) is 0.434. The Bertz CT molecular complexity index is 737. The number of halogens is 1. The molecule has 138 valence electrons. The number of aromatic amines is 1. The normalized spacial score (nSPS) is 23.5. The molecule has 3 heterocycles. The van der Waals surface area contributed by atoms with Gasteiger partial charge in [-0.1, -0.05) is 0 Å². The number of hydrogen-bond acceptors (Lipinski definition) is 5. The second-order valence-electron chi connectivity index (χ2n) is 7.36. The molecule has 9 nitrogen and oxygen atoms in total. The Morgan fingerprint density at radius 1 is 1.28 bits per heavy atom. The summed E-state index contributed by atoms with van der Waals surface area (Å²) in [6.45, 7) is 5.57. The molecule has 0 spiro atoms. The van der Waals surface area contributed by atoms with E-state index in [1.54, 1.807) is 20.8 Å². The summed E-state index contributed by atoms with van der Waals surface area (Å²) >= 11 is 0. The number of nitrogens with zero attached hydrogens (tertiary/aromatic N) is 4. The molecule has 1 N–H and O–H groups in total. The molecule has 0 bridgehead atoms. The van der Waals surface area contributed by atoms with E-state index >= 15 is 0 Å². The third-order valence-corrected chi connectivity index (χ3v) is 4.19. The van der Waals surface area contributed by atoms with Gasteiger partial charge in [0.15, 0.2) is 5.82 Å². The number of carbonyl (C=O) groups is 2. The molecule has 2 atom stereocenters. The van der Waals surface area contributed by atoms with Gasteiger partial charge in [-0.05, 0) is 27.2 Å². The molecule has 0 radical (unpaired) electrons. The van der Waals surface area contributed by atoms with Gasteiger partial charge in [0, 0.05) is 6.54 Å². The molecule has 1 unspecified atom stereocenters. The van der Waals surface area contributed by atoms with Crippen LogP contribution in [0.3, 0.4) is 0 Å². The number of hydrogen-bond donors (Lipinski definition) is 1. The fourth-order valence-electron chi connectivity index (χ4n) is 3.08. The molecule has 0 aromatic carbocycles. The lowest BCUT2D eigenvalue weighted by Gasteiger charge is -2.35. The smallest absolute Gasteiger partial charge is 0.410 e. The molecular formula is C15H22FN5O4. The van der Waals surface area contributed by atoms with Crippen LogP contribution in [0.25, 0.3) is 0 Å². The molecule has 0 aliphatic carbocycles. The molecule has 2 aliphatic heterocycles. The molecule has 0 saturated carbocycles. The lowest BCUT2D eigenvalue weighted by atomic mass is 10.1. The quantitative estimate of drug-likeness (QED) is 0.787. The Morgan fingerprint density at radius 2 is 2.00 bits per heavy atom. The summed E-state index contributed by atoms with van der Waals surface area (Å²) < 4.78 is 20.0. The minimum atomic E-state index is -1.06. The summed E-state index contributed by atoms with van der Waals surface area (Å²) in [6, 6.07) is -0.937. The number of aromatic nitrogens is 3. The van der Waals surface area contributed by atoms with Crippen molar-refractivity contribution in [1.29, 1.82) is 0 Å². The van der Waals surface area contributed by atoms with Crippen molar-refractivity contribution < 1.29 is 18.7 Å². The van der Waals surface area contributed by atoms with Crippen molar-refractivity contribution in [2.45, 2.75) is 51.6 Å². The van der Waals surface area contributed by atoms with Crippen LogP contribution in [0, 0.1) is 0 Å². The van der Waals surface area contributed by atoms with E-state index in [9.17, 15) is 18.8 Å². The Morgan fingerprint density at radius 3 is 2.60 bits per heavy atom. The van der Waals surface area contributed by atoms with Crippen LogP contribution in [0.4, 0.5) is 9.18 Å². The lowest BCUT2D eigenvalue weighted by Crippen LogP contribution is -2.50. The van der Waals surface area contributed by atoms with Crippen LogP contribution in [0.5, 0.6) is 0 Å². The van der Waals surface area contributed by atoms with Crippen LogP contribution in [0.2, 0.25) is 0 Å². The zero-order valence-electron chi connectivity index (χ0n) is 14.5. The molecular weight excluding hydrogens is 333 g/mol. The minimum absolute atomic E-state index is 0.00368. The summed E-state index contributed by atoms with van der Waals surface area (Å²) in [7, 11) is 0. The van der Waals surface area contributed by atoms with Gasteiger partial charge in [-0.2, -0.15) is 5.10 Å². The highest BCUT2D eigenvalue weighted by molar-refractivity contribution is 5.82. The van der Waals surface area contributed by atoms with Gasteiger partial charge in [0.1, 0.15) is 17.8 Å². The van der Waals surface area contributed by atoms with E-state index in [-0.39, 0.29) is 31.9 Å². The topological polar surface area (TPSA) is 101 Å². The van der Waals surface area contributed by atoms with Gasteiger partial charge >= 0.3 is 11.8 Å². The monoisotopic (exact) mass is 355 g/mol. The van der Waals surface area contributed by atoms with Crippen LogP contribution in [-0.2, 0) is 16.1 Å². The van der Waals surface area contributed by atoms with E-state index in [1.807, 2.05) is 0 Å². The number of carbonyl (C=O) groups excluding carboxylic acids is 2. The highest BCUT2D eigenvalue weighted by Gasteiger charge is 2.40. The number of likely N-dealkylation sites (tertiary alicyclic amines) is 1.